The van der Waals surface area contributed by atoms with E-state index >= 15 is 0 Å². The standard InChI is InChI=1S/C14H25ClN4O/c1-9(2)6-14(5,8-16)18-11-7-17-19(10(3)4)13(20)12(11)15/h7,9-10,18H,6,8,16H2,1-5H3. The summed E-state index contributed by atoms with van der Waals surface area (Å²) < 4.78 is 1.37. The summed E-state index contributed by atoms with van der Waals surface area (Å²) in [4.78, 5) is 12.1. The van der Waals surface area contributed by atoms with Gasteiger partial charge in [-0.15, -0.1) is 0 Å². The van der Waals surface area contributed by atoms with Crippen molar-refractivity contribution in [3.05, 3.63) is 21.6 Å². The van der Waals surface area contributed by atoms with Gasteiger partial charge in [-0.3, -0.25) is 4.79 Å². The molecule has 6 heteroatoms. The third-order valence-corrected chi connectivity index (χ3v) is 3.54. The Labute approximate surface area is 125 Å². The summed E-state index contributed by atoms with van der Waals surface area (Å²) in [5.74, 6) is 0.485. The quantitative estimate of drug-likeness (QED) is 0.847. The topological polar surface area (TPSA) is 72.9 Å². The van der Waals surface area contributed by atoms with Crippen LogP contribution in [0.4, 0.5) is 5.69 Å². The minimum atomic E-state index is -0.310. The second-order valence-electron chi connectivity index (χ2n) is 6.20. The van der Waals surface area contributed by atoms with E-state index in [0.717, 1.165) is 6.42 Å². The van der Waals surface area contributed by atoms with Crippen LogP contribution < -0.4 is 16.6 Å². The number of nitrogens with two attached hydrogens (primary N) is 1. The van der Waals surface area contributed by atoms with Crippen molar-refractivity contribution in [2.24, 2.45) is 11.7 Å². The maximum atomic E-state index is 12.1. The lowest BCUT2D eigenvalue weighted by molar-refractivity contribution is 0.406. The molecule has 0 aromatic carbocycles. The zero-order valence-electron chi connectivity index (χ0n) is 12.9. The monoisotopic (exact) mass is 300 g/mol. The smallest absolute Gasteiger partial charge is 0.287 e. The summed E-state index contributed by atoms with van der Waals surface area (Å²) in [5.41, 5.74) is 5.81. The van der Waals surface area contributed by atoms with E-state index in [1.54, 1.807) is 6.20 Å². The molecule has 1 aromatic rings. The maximum Gasteiger partial charge on any atom is 0.287 e. The van der Waals surface area contributed by atoms with Crippen LogP contribution in [-0.4, -0.2) is 21.9 Å². The molecule has 0 aliphatic carbocycles. The number of hydrogen-bond acceptors (Lipinski definition) is 4. The van der Waals surface area contributed by atoms with E-state index in [4.69, 9.17) is 17.3 Å². The van der Waals surface area contributed by atoms with E-state index in [1.165, 1.54) is 4.68 Å². The number of hydrogen-bond donors (Lipinski definition) is 2. The molecule has 0 saturated carbocycles. The highest BCUT2D eigenvalue weighted by Gasteiger charge is 2.25. The summed E-state index contributed by atoms with van der Waals surface area (Å²) >= 11 is 6.17. The van der Waals surface area contributed by atoms with Gasteiger partial charge in [0.05, 0.1) is 17.9 Å². The van der Waals surface area contributed by atoms with Gasteiger partial charge in [-0.25, -0.2) is 4.68 Å². The fraction of sp³-hybridized carbons (Fsp3) is 0.714. The molecular formula is C14H25ClN4O. The molecule has 3 N–H and O–H groups in total. The summed E-state index contributed by atoms with van der Waals surface area (Å²) in [6.07, 6.45) is 2.48. The van der Waals surface area contributed by atoms with Gasteiger partial charge < -0.3 is 11.1 Å². The number of halogens is 1. The van der Waals surface area contributed by atoms with Crippen molar-refractivity contribution in [1.29, 1.82) is 0 Å². The second-order valence-corrected chi connectivity index (χ2v) is 6.58. The van der Waals surface area contributed by atoms with E-state index in [2.05, 4.69) is 24.3 Å². The third-order valence-electron chi connectivity index (χ3n) is 3.18. The molecule has 5 nitrogen and oxygen atoms in total. The fourth-order valence-corrected chi connectivity index (χ4v) is 2.49. The largest absolute Gasteiger partial charge is 0.376 e. The van der Waals surface area contributed by atoms with Gasteiger partial charge in [0, 0.05) is 12.1 Å². The van der Waals surface area contributed by atoms with Gasteiger partial charge >= 0.3 is 0 Å². The van der Waals surface area contributed by atoms with E-state index < -0.39 is 0 Å². The highest BCUT2D eigenvalue weighted by Crippen LogP contribution is 2.25. The molecule has 1 aromatic heterocycles. The predicted octanol–water partition coefficient (Wildman–Crippen LogP) is 2.65. The fourth-order valence-electron chi connectivity index (χ4n) is 2.31. The van der Waals surface area contributed by atoms with E-state index in [0.29, 0.717) is 18.2 Å². The van der Waals surface area contributed by atoms with Crippen LogP contribution in [0, 0.1) is 5.92 Å². The molecule has 0 saturated heterocycles. The Morgan fingerprint density at radius 2 is 2.05 bits per heavy atom. The average Bonchev–Trinajstić information content (AvgIpc) is 2.34. The van der Waals surface area contributed by atoms with Crippen LogP contribution in [0.1, 0.15) is 47.1 Å². The molecule has 1 unspecified atom stereocenters. The van der Waals surface area contributed by atoms with Gasteiger partial charge in [0.2, 0.25) is 0 Å². The van der Waals surface area contributed by atoms with Gasteiger partial charge in [0.25, 0.3) is 5.56 Å². The van der Waals surface area contributed by atoms with Crippen molar-refractivity contribution >= 4 is 17.3 Å². The van der Waals surface area contributed by atoms with Gasteiger partial charge in [0.15, 0.2) is 0 Å². The molecule has 0 fully saturated rings. The van der Waals surface area contributed by atoms with Gasteiger partial charge in [-0.1, -0.05) is 25.4 Å². The Hall–Kier alpha value is -1.07. The van der Waals surface area contributed by atoms with Crippen molar-refractivity contribution in [2.45, 2.75) is 52.6 Å². The van der Waals surface area contributed by atoms with Crippen LogP contribution in [0.5, 0.6) is 0 Å². The predicted molar refractivity (Wildman–Crippen MR) is 84.4 cm³/mol. The number of nitrogens with one attached hydrogen (secondary N) is 1. The lowest BCUT2D eigenvalue weighted by Crippen LogP contribution is -2.44. The molecule has 0 radical (unpaired) electrons. The minimum absolute atomic E-state index is 0.0226. The summed E-state index contributed by atoms with van der Waals surface area (Å²) in [6.45, 7) is 10.5. The molecule has 1 atom stereocenters. The molecule has 0 bridgehead atoms. The van der Waals surface area contributed by atoms with Gasteiger partial charge in [-0.2, -0.15) is 5.10 Å². The Bertz CT molecular complexity index is 512. The zero-order chi connectivity index (χ0) is 15.5. The first-order valence-corrected chi connectivity index (χ1v) is 7.33. The first kappa shape index (κ1) is 17.0. The lowest BCUT2D eigenvalue weighted by Gasteiger charge is -2.32. The first-order chi connectivity index (χ1) is 9.20. The molecule has 1 heterocycles. The molecule has 114 valence electrons. The first-order valence-electron chi connectivity index (χ1n) is 6.95. The van der Waals surface area contributed by atoms with Crippen molar-refractivity contribution in [1.82, 2.24) is 9.78 Å². The minimum Gasteiger partial charge on any atom is -0.376 e. The van der Waals surface area contributed by atoms with Crippen LogP contribution in [0.15, 0.2) is 11.0 Å². The number of aromatic nitrogens is 2. The Morgan fingerprint density at radius 3 is 2.50 bits per heavy atom. The average molecular weight is 301 g/mol. The molecule has 0 aliphatic heterocycles. The number of anilines is 1. The summed E-state index contributed by atoms with van der Waals surface area (Å²) in [7, 11) is 0. The van der Waals surface area contributed by atoms with Crippen molar-refractivity contribution in [2.75, 3.05) is 11.9 Å². The normalized spacial score (nSPS) is 14.7. The Kier molecular flexibility index (Phi) is 5.59. The van der Waals surface area contributed by atoms with Crippen LogP contribution in [0.3, 0.4) is 0 Å². The van der Waals surface area contributed by atoms with E-state index in [9.17, 15) is 4.79 Å². The Balaban J connectivity index is 3.10. The second kappa shape index (κ2) is 6.59. The molecule has 0 aliphatic rings. The summed E-state index contributed by atoms with van der Waals surface area (Å²) in [6, 6.07) is -0.0226. The van der Waals surface area contributed by atoms with Crippen molar-refractivity contribution in [3.63, 3.8) is 0 Å². The SMILES string of the molecule is CC(C)CC(C)(CN)Nc1cnn(C(C)C)c(=O)c1Cl. The van der Waals surface area contributed by atoms with Gasteiger partial charge in [-0.05, 0) is 33.1 Å². The molecular weight excluding hydrogens is 276 g/mol. The van der Waals surface area contributed by atoms with Gasteiger partial charge in [0.1, 0.15) is 5.02 Å². The van der Waals surface area contributed by atoms with Crippen LogP contribution in [-0.2, 0) is 0 Å². The Morgan fingerprint density at radius 1 is 1.45 bits per heavy atom. The zero-order valence-corrected chi connectivity index (χ0v) is 13.7. The maximum absolute atomic E-state index is 12.1. The van der Waals surface area contributed by atoms with E-state index in [1.807, 2.05) is 20.8 Å². The summed E-state index contributed by atoms with van der Waals surface area (Å²) in [5, 5.41) is 7.60. The van der Waals surface area contributed by atoms with E-state index in [-0.39, 0.29) is 22.2 Å². The van der Waals surface area contributed by atoms with Crippen LogP contribution in [0.25, 0.3) is 0 Å². The third kappa shape index (κ3) is 3.96. The van der Waals surface area contributed by atoms with Crippen molar-refractivity contribution in [3.8, 4) is 0 Å². The molecule has 1 rings (SSSR count). The van der Waals surface area contributed by atoms with Crippen LogP contribution in [0.2, 0.25) is 5.02 Å². The highest BCUT2D eigenvalue weighted by atomic mass is 35.5. The number of nitrogens with zero attached hydrogens (tertiary/aromatic N) is 2. The molecule has 0 amide bonds. The van der Waals surface area contributed by atoms with Crippen LogP contribution >= 0.6 is 11.6 Å². The molecule has 20 heavy (non-hydrogen) atoms. The van der Waals surface area contributed by atoms with Crippen molar-refractivity contribution < 1.29 is 0 Å². The number of rotatable bonds is 6. The molecule has 0 spiro atoms. The highest BCUT2D eigenvalue weighted by molar-refractivity contribution is 6.32. The lowest BCUT2D eigenvalue weighted by atomic mass is 9.90.